The minimum absolute atomic E-state index is 0.185. The van der Waals surface area contributed by atoms with Gasteiger partial charge in [-0.25, -0.2) is 4.39 Å². The lowest BCUT2D eigenvalue weighted by Gasteiger charge is -2.19. The molecular formula is C12H17ClFN. The van der Waals surface area contributed by atoms with Crippen molar-refractivity contribution in [2.45, 2.75) is 39.3 Å². The first-order valence-electron chi connectivity index (χ1n) is 5.25. The lowest BCUT2D eigenvalue weighted by Crippen LogP contribution is -2.28. The number of benzene rings is 1. The van der Waals surface area contributed by atoms with Crippen LogP contribution in [0, 0.1) is 5.82 Å². The van der Waals surface area contributed by atoms with Crippen molar-refractivity contribution in [2.24, 2.45) is 0 Å². The molecule has 0 amide bonds. The second-order valence-corrected chi connectivity index (χ2v) is 4.28. The van der Waals surface area contributed by atoms with Crippen LogP contribution in [0.15, 0.2) is 18.2 Å². The molecule has 0 heterocycles. The first-order valence-corrected chi connectivity index (χ1v) is 5.63. The van der Waals surface area contributed by atoms with Crippen LogP contribution in [0.4, 0.5) is 4.39 Å². The van der Waals surface area contributed by atoms with E-state index in [0.717, 1.165) is 12.0 Å². The molecule has 0 saturated heterocycles. The summed E-state index contributed by atoms with van der Waals surface area (Å²) in [4.78, 5) is 0. The van der Waals surface area contributed by atoms with Gasteiger partial charge in [0.2, 0.25) is 0 Å². The zero-order valence-corrected chi connectivity index (χ0v) is 10.1. The molecule has 1 rings (SSSR count). The van der Waals surface area contributed by atoms with Crippen LogP contribution in [0.1, 0.15) is 38.8 Å². The van der Waals surface area contributed by atoms with Gasteiger partial charge < -0.3 is 5.32 Å². The zero-order chi connectivity index (χ0) is 11.4. The van der Waals surface area contributed by atoms with Gasteiger partial charge in [-0.3, -0.25) is 0 Å². The Bertz CT molecular complexity index is 327. The molecule has 1 nitrogen and oxygen atoms in total. The smallest absolute Gasteiger partial charge is 0.141 e. The predicted molar refractivity (Wildman–Crippen MR) is 62.7 cm³/mol. The van der Waals surface area contributed by atoms with Crippen molar-refractivity contribution in [2.75, 3.05) is 0 Å². The maximum absolute atomic E-state index is 12.9. The van der Waals surface area contributed by atoms with Gasteiger partial charge in [0.25, 0.3) is 0 Å². The van der Waals surface area contributed by atoms with Crippen LogP contribution in [0.25, 0.3) is 0 Å². The van der Waals surface area contributed by atoms with Gasteiger partial charge in [0.1, 0.15) is 5.82 Å². The summed E-state index contributed by atoms with van der Waals surface area (Å²) >= 11 is 5.73. The van der Waals surface area contributed by atoms with E-state index in [2.05, 4.69) is 26.1 Å². The van der Waals surface area contributed by atoms with E-state index < -0.39 is 0 Å². The molecule has 0 spiro atoms. The van der Waals surface area contributed by atoms with E-state index in [1.54, 1.807) is 12.1 Å². The fourth-order valence-corrected chi connectivity index (χ4v) is 1.61. The average molecular weight is 230 g/mol. The Morgan fingerprint density at radius 1 is 1.40 bits per heavy atom. The summed E-state index contributed by atoms with van der Waals surface area (Å²) in [7, 11) is 0. The van der Waals surface area contributed by atoms with Crippen molar-refractivity contribution < 1.29 is 4.39 Å². The first-order chi connectivity index (χ1) is 7.04. The third-order valence-electron chi connectivity index (χ3n) is 2.59. The highest BCUT2D eigenvalue weighted by atomic mass is 35.5. The maximum Gasteiger partial charge on any atom is 0.141 e. The van der Waals surface area contributed by atoms with E-state index in [0.29, 0.717) is 6.04 Å². The summed E-state index contributed by atoms with van der Waals surface area (Å²) in [6.07, 6.45) is 1.07. The number of hydrogen-bond donors (Lipinski definition) is 1. The van der Waals surface area contributed by atoms with Crippen LogP contribution in [0.2, 0.25) is 5.02 Å². The SMILES string of the molecule is CC[C@@H](C)N[C@@H](C)c1ccc(F)c(Cl)c1. The molecule has 0 radical (unpaired) electrons. The van der Waals surface area contributed by atoms with Gasteiger partial charge in [-0.2, -0.15) is 0 Å². The monoisotopic (exact) mass is 229 g/mol. The van der Waals surface area contributed by atoms with E-state index in [1.807, 2.05) is 0 Å². The highest BCUT2D eigenvalue weighted by Crippen LogP contribution is 2.21. The van der Waals surface area contributed by atoms with E-state index in [9.17, 15) is 4.39 Å². The van der Waals surface area contributed by atoms with Crippen molar-refractivity contribution in [3.05, 3.63) is 34.6 Å². The lowest BCUT2D eigenvalue weighted by atomic mass is 10.1. The third kappa shape index (κ3) is 3.47. The Balaban J connectivity index is 2.73. The van der Waals surface area contributed by atoms with Crippen LogP contribution in [0.5, 0.6) is 0 Å². The van der Waals surface area contributed by atoms with E-state index in [-0.39, 0.29) is 16.9 Å². The lowest BCUT2D eigenvalue weighted by molar-refractivity contribution is 0.469. The molecule has 0 bridgehead atoms. The zero-order valence-electron chi connectivity index (χ0n) is 9.35. The summed E-state index contributed by atoms with van der Waals surface area (Å²) < 4.78 is 12.9. The molecular weight excluding hydrogens is 213 g/mol. The molecule has 0 aromatic heterocycles. The van der Waals surface area contributed by atoms with Crippen LogP contribution < -0.4 is 5.32 Å². The fraction of sp³-hybridized carbons (Fsp3) is 0.500. The predicted octanol–water partition coefficient (Wildman–Crippen LogP) is 3.93. The van der Waals surface area contributed by atoms with Gasteiger partial charge in [0, 0.05) is 12.1 Å². The summed E-state index contributed by atoms with van der Waals surface area (Å²) in [6.45, 7) is 6.30. The molecule has 0 unspecified atom stereocenters. The Morgan fingerprint density at radius 3 is 2.60 bits per heavy atom. The van der Waals surface area contributed by atoms with E-state index in [1.165, 1.54) is 6.07 Å². The first kappa shape index (κ1) is 12.5. The average Bonchev–Trinajstić information content (AvgIpc) is 2.21. The van der Waals surface area contributed by atoms with Gasteiger partial charge in [-0.05, 0) is 38.0 Å². The Hall–Kier alpha value is -0.600. The van der Waals surface area contributed by atoms with Crippen molar-refractivity contribution in [3.63, 3.8) is 0 Å². The number of hydrogen-bond acceptors (Lipinski definition) is 1. The molecule has 15 heavy (non-hydrogen) atoms. The standard InChI is InChI=1S/C12H17ClFN/c1-4-8(2)15-9(3)10-5-6-12(14)11(13)7-10/h5-9,15H,4H2,1-3H3/t8-,9+/m1/s1. The molecule has 1 aromatic carbocycles. The molecule has 1 N–H and O–H groups in total. The van der Waals surface area contributed by atoms with Crippen LogP contribution in [-0.4, -0.2) is 6.04 Å². The molecule has 0 aliphatic carbocycles. The number of rotatable bonds is 4. The van der Waals surface area contributed by atoms with Crippen LogP contribution >= 0.6 is 11.6 Å². The summed E-state index contributed by atoms with van der Waals surface area (Å²) in [6, 6.07) is 5.49. The Labute approximate surface area is 95.6 Å². The molecule has 3 heteroatoms. The molecule has 0 aliphatic rings. The minimum Gasteiger partial charge on any atom is -0.308 e. The molecule has 0 aliphatic heterocycles. The van der Waals surface area contributed by atoms with Gasteiger partial charge in [-0.15, -0.1) is 0 Å². The number of nitrogens with one attached hydrogen (secondary N) is 1. The topological polar surface area (TPSA) is 12.0 Å². The second kappa shape index (κ2) is 5.47. The van der Waals surface area contributed by atoms with Crippen LogP contribution in [0.3, 0.4) is 0 Å². The van der Waals surface area contributed by atoms with E-state index in [4.69, 9.17) is 11.6 Å². The molecule has 1 aromatic rings. The van der Waals surface area contributed by atoms with E-state index >= 15 is 0 Å². The van der Waals surface area contributed by atoms with Gasteiger partial charge >= 0.3 is 0 Å². The highest BCUT2D eigenvalue weighted by molar-refractivity contribution is 6.30. The van der Waals surface area contributed by atoms with Crippen molar-refractivity contribution in [3.8, 4) is 0 Å². The van der Waals surface area contributed by atoms with Crippen molar-refractivity contribution in [1.29, 1.82) is 0 Å². The quantitative estimate of drug-likeness (QED) is 0.825. The second-order valence-electron chi connectivity index (χ2n) is 3.87. The van der Waals surface area contributed by atoms with Crippen LogP contribution in [-0.2, 0) is 0 Å². The molecule has 0 fully saturated rings. The fourth-order valence-electron chi connectivity index (χ4n) is 1.42. The number of halogens is 2. The van der Waals surface area contributed by atoms with Gasteiger partial charge in [0.15, 0.2) is 0 Å². The molecule has 84 valence electrons. The van der Waals surface area contributed by atoms with Crippen molar-refractivity contribution >= 4 is 11.6 Å². The summed E-state index contributed by atoms with van der Waals surface area (Å²) in [5, 5.41) is 3.60. The summed E-state index contributed by atoms with van der Waals surface area (Å²) in [5.74, 6) is -0.365. The van der Waals surface area contributed by atoms with Crippen molar-refractivity contribution in [1.82, 2.24) is 5.32 Å². The minimum atomic E-state index is -0.365. The van der Waals surface area contributed by atoms with Gasteiger partial charge in [-0.1, -0.05) is 24.6 Å². The highest BCUT2D eigenvalue weighted by Gasteiger charge is 2.09. The normalized spacial score (nSPS) is 15.0. The Kier molecular flexibility index (Phi) is 4.55. The molecule has 2 atom stereocenters. The maximum atomic E-state index is 12.9. The largest absolute Gasteiger partial charge is 0.308 e. The van der Waals surface area contributed by atoms with Gasteiger partial charge in [0.05, 0.1) is 5.02 Å². The summed E-state index contributed by atoms with van der Waals surface area (Å²) in [5.41, 5.74) is 1.02. The Morgan fingerprint density at radius 2 is 2.07 bits per heavy atom. The third-order valence-corrected chi connectivity index (χ3v) is 2.88. The molecule has 0 saturated carbocycles.